The molecule has 0 spiro atoms. The minimum absolute atomic E-state index is 0.231. The minimum atomic E-state index is -0.231. The fourth-order valence-corrected chi connectivity index (χ4v) is 5.25. The van der Waals surface area contributed by atoms with E-state index in [4.69, 9.17) is 4.74 Å². The molecule has 2 unspecified atom stereocenters. The number of likely N-dealkylation sites (tertiary alicyclic amines) is 1. The Morgan fingerprint density at radius 1 is 0.968 bits per heavy atom. The Bertz CT molecular complexity index is 1050. The van der Waals surface area contributed by atoms with Gasteiger partial charge in [0.05, 0.1) is 0 Å². The first-order valence-electron chi connectivity index (χ1n) is 11.5. The van der Waals surface area contributed by atoms with Crippen molar-refractivity contribution in [3.8, 4) is 16.9 Å². The maximum Gasteiger partial charge on any atom is 0.134 e. The second-order valence-corrected chi connectivity index (χ2v) is 9.03. The van der Waals surface area contributed by atoms with Crippen LogP contribution in [0.4, 0.5) is 4.39 Å². The minimum Gasteiger partial charge on any atom is -0.489 e. The van der Waals surface area contributed by atoms with Crippen LogP contribution in [-0.4, -0.2) is 23.5 Å². The summed E-state index contributed by atoms with van der Waals surface area (Å²) in [4.78, 5) is 2.70. The molecule has 1 saturated heterocycles. The summed E-state index contributed by atoms with van der Waals surface area (Å²) in [5.41, 5.74) is 5.49. The molecule has 0 bridgehead atoms. The van der Waals surface area contributed by atoms with Gasteiger partial charge in [0.2, 0.25) is 0 Å². The number of hydrogen-bond donors (Lipinski definition) is 0. The van der Waals surface area contributed by atoms with Gasteiger partial charge >= 0.3 is 0 Å². The Labute approximate surface area is 184 Å². The van der Waals surface area contributed by atoms with Gasteiger partial charge in [0, 0.05) is 23.7 Å². The number of rotatable bonds is 5. The Morgan fingerprint density at radius 2 is 1.84 bits per heavy atom. The van der Waals surface area contributed by atoms with Crippen molar-refractivity contribution in [1.29, 1.82) is 0 Å². The van der Waals surface area contributed by atoms with E-state index in [1.165, 1.54) is 43.0 Å². The van der Waals surface area contributed by atoms with Crippen molar-refractivity contribution >= 4 is 0 Å². The number of ether oxygens (including phenoxy) is 1. The van der Waals surface area contributed by atoms with Crippen LogP contribution in [0.5, 0.6) is 5.75 Å². The van der Waals surface area contributed by atoms with Crippen LogP contribution in [0.2, 0.25) is 0 Å². The highest BCUT2D eigenvalue weighted by atomic mass is 19.1. The number of hydrogen-bond acceptors (Lipinski definition) is 2. The molecule has 2 aliphatic rings. The van der Waals surface area contributed by atoms with Gasteiger partial charge < -0.3 is 4.74 Å². The topological polar surface area (TPSA) is 12.5 Å². The molecule has 3 heteroatoms. The summed E-state index contributed by atoms with van der Waals surface area (Å²) in [5, 5.41) is 0. The van der Waals surface area contributed by atoms with Crippen molar-refractivity contribution in [3.05, 3.63) is 89.2 Å². The molecular weight excluding hydrogens is 385 g/mol. The van der Waals surface area contributed by atoms with Crippen molar-refractivity contribution in [3.63, 3.8) is 0 Å². The zero-order chi connectivity index (χ0) is 21.2. The third kappa shape index (κ3) is 4.38. The maximum absolute atomic E-state index is 14.9. The molecule has 160 valence electrons. The first-order valence-corrected chi connectivity index (χ1v) is 11.5. The molecule has 5 rings (SSSR count). The smallest absolute Gasteiger partial charge is 0.134 e. The lowest BCUT2D eigenvalue weighted by Crippen LogP contribution is -2.41. The monoisotopic (exact) mass is 415 g/mol. The number of halogens is 1. The van der Waals surface area contributed by atoms with Gasteiger partial charge in [0.15, 0.2) is 0 Å². The Morgan fingerprint density at radius 3 is 2.61 bits per heavy atom. The number of fused-ring (bicyclic) bond motifs is 1. The van der Waals surface area contributed by atoms with Crippen molar-refractivity contribution < 1.29 is 9.13 Å². The van der Waals surface area contributed by atoms with Gasteiger partial charge in [-0.2, -0.15) is 0 Å². The standard InChI is InChI=1S/C28H30FNO/c1-20-6-5-15-30(20)25-12-11-22-16-24(10-9-23(22)17-25)27-14-13-26(18-28(27)29)31-19-21-7-3-2-4-8-21/h2-4,7-10,13-14,16,18,20,25H,5-6,11-12,15,17,19H2,1H3. The van der Waals surface area contributed by atoms with E-state index in [0.29, 0.717) is 30.0 Å². The van der Waals surface area contributed by atoms with Gasteiger partial charge in [-0.15, -0.1) is 0 Å². The highest BCUT2D eigenvalue weighted by Gasteiger charge is 2.30. The fourth-order valence-electron chi connectivity index (χ4n) is 5.25. The zero-order valence-corrected chi connectivity index (χ0v) is 18.2. The lowest BCUT2D eigenvalue weighted by molar-refractivity contribution is 0.174. The normalized spacial score (nSPS) is 21.1. The molecular formula is C28H30FNO. The summed E-state index contributed by atoms with van der Waals surface area (Å²) in [6.45, 7) is 4.04. The molecule has 0 N–H and O–H groups in total. The van der Waals surface area contributed by atoms with Crippen molar-refractivity contribution in [2.45, 2.75) is 57.7 Å². The van der Waals surface area contributed by atoms with Crippen LogP contribution in [0.3, 0.4) is 0 Å². The second kappa shape index (κ2) is 8.84. The van der Waals surface area contributed by atoms with Crippen LogP contribution >= 0.6 is 0 Å². The predicted octanol–water partition coefficient (Wildman–Crippen LogP) is 6.41. The lowest BCUT2D eigenvalue weighted by atomic mass is 9.85. The van der Waals surface area contributed by atoms with E-state index in [0.717, 1.165) is 24.0 Å². The summed E-state index contributed by atoms with van der Waals surface area (Å²) >= 11 is 0. The van der Waals surface area contributed by atoms with Gasteiger partial charge in [-0.3, -0.25) is 4.90 Å². The maximum atomic E-state index is 14.9. The van der Waals surface area contributed by atoms with Gasteiger partial charge in [-0.05, 0) is 80.0 Å². The molecule has 31 heavy (non-hydrogen) atoms. The molecule has 2 atom stereocenters. The van der Waals surface area contributed by atoms with Gasteiger partial charge in [-0.1, -0.05) is 48.5 Å². The highest BCUT2D eigenvalue weighted by Crippen LogP contribution is 2.33. The predicted molar refractivity (Wildman–Crippen MR) is 124 cm³/mol. The third-order valence-corrected chi connectivity index (χ3v) is 6.98. The third-order valence-electron chi connectivity index (χ3n) is 6.98. The summed E-state index contributed by atoms with van der Waals surface area (Å²) in [7, 11) is 0. The number of benzene rings is 3. The fraction of sp³-hybridized carbons (Fsp3) is 0.357. The molecule has 1 heterocycles. The Kier molecular flexibility index (Phi) is 5.78. The van der Waals surface area contributed by atoms with Crippen LogP contribution in [0.25, 0.3) is 11.1 Å². The molecule has 1 fully saturated rings. The summed E-state index contributed by atoms with van der Waals surface area (Å²) in [5.74, 6) is 0.329. The average molecular weight is 416 g/mol. The molecule has 0 aromatic heterocycles. The summed E-state index contributed by atoms with van der Waals surface area (Å²) in [6.07, 6.45) is 6.06. The van der Waals surface area contributed by atoms with E-state index in [1.807, 2.05) is 42.5 Å². The second-order valence-electron chi connectivity index (χ2n) is 9.03. The van der Waals surface area contributed by atoms with Gasteiger partial charge in [0.25, 0.3) is 0 Å². The van der Waals surface area contributed by atoms with Crippen molar-refractivity contribution in [1.82, 2.24) is 4.90 Å². The molecule has 0 amide bonds. The van der Waals surface area contributed by atoms with Crippen molar-refractivity contribution in [2.75, 3.05) is 6.54 Å². The molecule has 3 aromatic rings. The average Bonchev–Trinajstić information content (AvgIpc) is 3.23. The molecule has 3 aromatic carbocycles. The number of nitrogens with zero attached hydrogens (tertiary/aromatic N) is 1. The van der Waals surface area contributed by atoms with E-state index in [1.54, 1.807) is 0 Å². The largest absolute Gasteiger partial charge is 0.489 e. The van der Waals surface area contributed by atoms with Crippen LogP contribution < -0.4 is 4.74 Å². The van der Waals surface area contributed by atoms with E-state index in [-0.39, 0.29) is 5.82 Å². The first-order chi connectivity index (χ1) is 15.2. The van der Waals surface area contributed by atoms with E-state index < -0.39 is 0 Å². The molecule has 2 nitrogen and oxygen atoms in total. The number of aryl methyl sites for hydroxylation is 1. The lowest BCUT2D eigenvalue weighted by Gasteiger charge is -2.35. The summed E-state index contributed by atoms with van der Waals surface area (Å²) < 4.78 is 20.7. The van der Waals surface area contributed by atoms with Crippen LogP contribution in [0.15, 0.2) is 66.7 Å². The zero-order valence-electron chi connectivity index (χ0n) is 18.2. The quantitative estimate of drug-likeness (QED) is 0.477. The Hall–Kier alpha value is -2.65. The molecule has 1 aliphatic heterocycles. The van der Waals surface area contributed by atoms with E-state index in [2.05, 4.69) is 30.0 Å². The van der Waals surface area contributed by atoms with Gasteiger partial charge in [0.1, 0.15) is 18.2 Å². The highest BCUT2D eigenvalue weighted by molar-refractivity contribution is 5.66. The Balaban J connectivity index is 1.29. The molecule has 0 saturated carbocycles. The molecule has 0 radical (unpaired) electrons. The van der Waals surface area contributed by atoms with Crippen LogP contribution in [-0.2, 0) is 19.4 Å². The van der Waals surface area contributed by atoms with Gasteiger partial charge in [-0.25, -0.2) is 4.39 Å². The van der Waals surface area contributed by atoms with Crippen LogP contribution in [0, 0.1) is 5.82 Å². The van der Waals surface area contributed by atoms with E-state index >= 15 is 0 Å². The first kappa shape index (κ1) is 20.3. The van der Waals surface area contributed by atoms with E-state index in [9.17, 15) is 4.39 Å². The molecule has 1 aliphatic carbocycles. The van der Waals surface area contributed by atoms with Crippen molar-refractivity contribution in [2.24, 2.45) is 0 Å². The van der Waals surface area contributed by atoms with Crippen LogP contribution in [0.1, 0.15) is 42.9 Å². The SMILES string of the molecule is CC1CCCN1C1CCc2cc(-c3ccc(OCc4ccccc4)cc3F)ccc2C1. The summed E-state index contributed by atoms with van der Waals surface area (Å²) in [6, 6.07) is 23.0.